The van der Waals surface area contributed by atoms with Gasteiger partial charge in [0.15, 0.2) is 17.5 Å². The first-order valence-electron chi connectivity index (χ1n) is 9.89. The van der Waals surface area contributed by atoms with Gasteiger partial charge in [0.05, 0.1) is 5.52 Å². The van der Waals surface area contributed by atoms with Gasteiger partial charge in [-0.25, -0.2) is 9.78 Å². The second kappa shape index (κ2) is 7.43. The Bertz CT molecular complexity index is 1080. The number of nitrogens with two attached hydrogens (primary N) is 1. The molecule has 0 aliphatic carbocycles. The summed E-state index contributed by atoms with van der Waals surface area (Å²) in [5, 5.41) is 16.5. The van der Waals surface area contributed by atoms with Crippen LogP contribution in [0.2, 0.25) is 0 Å². The van der Waals surface area contributed by atoms with Crippen molar-refractivity contribution >= 4 is 28.6 Å². The lowest BCUT2D eigenvalue weighted by molar-refractivity contribution is 0.0240. The Hall–Kier alpha value is -3.43. The van der Waals surface area contributed by atoms with Crippen LogP contribution < -0.4 is 10.6 Å². The molecule has 0 radical (unpaired) electrons. The van der Waals surface area contributed by atoms with Gasteiger partial charge in [0.2, 0.25) is 0 Å². The molecule has 0 saturated carbocycles. The molecule has 4 rings (SSSR count). The Morgan fingerprint density at radius 1 is 1.17 bits per heavy atom. The number of hydrogen-bond acceptors (Lipinski definition) is 8. The first-order valence-corrected chi connectivity index (χ1v) is 9.89. The van der Waals surface area contributed by atoms with Crippen molar-refractivity contribution in [3.05, 3.63) is 23.9 Å². The quantitative estimate of drug-likeness (QED) is 0.659. The first-order chi connectivity index (χ1) is 14.2. The molecule has 1 amide bonds. The van der Waals surface area contributed by atoms with Gasteiger partial charge in [-0.05, 0) is 45.9 Å². The number of H-pyrrole nitrogens is 1. The van der Waals surface area contributed by atoms with Gasteiger partial charge < -0.3 is 20.3 Å². The fraction of sp³-hybridized carbons (Fsp3) is 0.450. The molecule has 1 fully saturated rings. The number of rotatable bonds is 2. The Morgan fingerprint density at radius 2 is 1.90 bits per heavy atom. The Kier molecular flexibility index (Phi) is 4.92. The van der Waals surface area contributed by atoms with E-state index in [2.05, 4.69) is 25.4 Å². The molecule has 0 spiro atoms. The molecule has 3 aromatic rings. The Labute approximate surface area is 174 Å². The number of anilines is 2. The van der Waals surface area contributed by atoms with Crippen LogP contribution in [0.15, 0.2) is 18.2 Å². The topological polar surface area (TPSA) is 126 Å². The molecule has 3 heterocycles. The normalized spacial score (nSPS) is 14.9. The van der Waals surface area contributed by atoms with E-state index in [1.54, 1.807) is 4.90 Å². The number of amides is 1. The molecule has 3 N–H and O–H groups in total. The standard InChI is InChI=1S/C20H26N8O2/c1-12-14-11-13(5-6-15(14)24-23-12)17-22-18(16(21)25-26-17)27-7-9-28(10-8-27)19(29)30-20(2,3)4/h5-6,11H,7-10H2,1-4H3,(H2,21,25)(H,23,24). The number of aryl methyl sites for hydroxylation is 1. The molecule has 10 nitrogen and oxygen atoms in total. The third-order valence-corrected chi connectivity index (χ3v) is 4.93. The Morgan fingerprint density at radius 3 is 2.60 bits per heavy atom. The summed E-state index contributed by atoms with van der Waals surface area (Å²) in [5.41, 5.74) is 8.27. The summed E-state index contributed by atoms with van der Waals surface area (Å²) in [5.74, 6) is 1.34. The zero-order valence-electron chi connectivity index (χ0n) is 17.6. The highest BCUT2D eigenvalue weighted by molar-refractivity contribution is 5.85. The third-order valence-electron chi connectivity index (χ3n) is 4.93. The zero-order chi connectivity index (χ0) is 21.5. The minimum absolute atomic E-state index is 0.269. The van der Waals surface area contributed by atoms with Crippen LogP contribution in [0.4, 0.5) is 16.4 Å². The van der Waals surface area contributed by atoms with Crippen LogP contribution in [0.1, 0.15) is 26.5 Å². The summed E-state index contributed by atoms with van der Waals surface area (Å²) in [6.45, 7) is 9.76. The molecule has 1 aliphatic rings. The van der Waals surface area contributed by atoms with E-state index >= 15 is 0 Å². The molecule has 0 unspecified atom stereocenters. The molecular formula is C20H26N8O2. The highest BCUT2D eigenvalue weighted by Gasteiger charge is 2.27. The van der Waals surface area contributed by atoms with Gasteiger partial charge in [-0.3, -0.25) is 5.10 Å². The highest BCUT2D eigenvalue weighted by atomic mass is 16.6. The van der Waals surface area contributed by atoms with Crippen LogP contribution in [-0.4, -0.2) is 68.2 Å². The van der Waals surface area contributed by atoms with E-state index in [0.29, 0.717) is 37.8 Å². The van der Waals surface area contributed by atoms with E-state index in [-0.39, 0.29) is 11.9 Å². The van der Waals surface area contributed by atoms with E-state index in [0.717, 1.165) is 22.2 Å². The minimum atomic E-state index is -0.515. The van der Waals surface area contributed by atoms with Crippen molar-refractivity contribution in [2.75, 3.05) is 36.8 Å². The summed E-state index contributed by atoms with van der Waals surface area (Å²) in [6.07, 6.45) is -0.305. The van der Waals surface area contributed by atoms with Crippen molar-refractivity contribution in [3.8, 4) is 11.4 Å². The van der Waals surface area contributed by atoms with Crippen LogP contribution >= 0.6 is 0 Å². The number of aromatic amines is 1. The van der Waals surface area contributed by atoms with E-state index in [4.69, 9.17) is 10.5 Å². The van der Waals surface area contributed by atoms with E-state index in [1.165, 1.54) is 0 Å². The summed E-state index contributed by atoms with van der Waals surface area (Å²) in [7, 11) is 0. The van der Waals surface area contributed by atoms with Gasteiger partial charge in [-0.1, -0.05) is 0 Å². The predicted molar refractivity (Wildman–Crippen MR) is 114 cm³/mol. The minimum Gasteiger partial charge on any atom is -0.444 e. The second-order valence-corrected chi connectivity index (χ2v) is 8.38. The number of fused-ring (bicyclic) bond motifs is 1. The highest BCUT2D eigenvalue weighted by Crippen LogP contribution is 2.26. The number of aromatic nitrogens is 5. The molecule has 30 heavy (non-hydrogen) atoms. The summed E-state index contributed by atoms with van der Waals surface area (Å²) < 4.78 is 5.46. The van der Waals surface area contributed by atoms with Gasteiger partial charge in [-0.15, -0.1) is 10.2 Å². The molecule has 158 valence electrons. The molecule has 1 saturated heterocycles. The first kappa shape index (κ1) is 19.9. The maximum atomic E-state index is 12.3. The van der Waals surface area contributed by atoms with Crippen LogP contribution in [0.3, 0.4) is 0 Å². The van der Waals surface area contributed by atoms with Gasteiger partial charge in [-0.2, -0.15) is 5.10 Å². The largest absolute Gasteiger partial charge is 0.444 e. The van der Waals surface area contributed by atoms with Crippen LogP contribution in [0, 0.1) is 6.92 Å². The smallest absolute Gasteiger partial charge is 0.410 e. The third kappa shape index (κ3) is 3.98. The lowest BCUT2D eigenvalue weighted by Crippen LogP contribution is -2.50. The van der Waals surface area contributed by atoms with Gasteiger partial charge in [0.25, 0.3) is 0 Å². The number of nitrogen functional groups attached to an aromatic ring is 1. The van der Waals surface area contributed by atoms with Gasteiger partial charge >= 0.3 is 6.09 Å². The SMILES string of the molecule is Cc1[nH]nc2ccc(-c3nnc(N)c(N4CCN(C(=O)OC(C)(C)C)CC4)n3)cc12. The number of benzene rings is 1. The van der Waals surface area contributed by atoms with E-state index in [1.807, 2.05) is 50.8 Å². The van der Waals surface area contributed by atoms with Crippen molar-refractivity contribution < 1.29 is 9.53 Å². The maximum absolute atomic E-state index is 12.3. The van der Waals surface area contributed by atoms with E-state index in [9.17, 15) is 4.79 Å². The average molecular weight is 410 g/mol. The van der Waals surface area contributed by atoms with Gasteiger partial charge in [0.1, 0.15) is 5.60 Å². The summed E-state index contributed by atoms with van der Waals surface area (Å²) in [4.78, 5) is 20.7. The summed E-state index contributed by atoms with van der Waals surface area (Å²) in [6, 6.07) is 5.83. The number of ether oxygens (including phenoxy) is 1. The second-order valence-electron chi connectivity index (χ2n) is 8.38. The maximum Gasteiger partial charge on any atom is 0.410 e. The van der Waals surface area contributed by atoms with Crippen molar-refractivity contribution in [3.63, 3.8) is 0 Å². The molecule has 0 atom stereocenters. The molecule has 0 bridgehead atoms. The molecule has 1 aromatic carbocycles. The number of carbonyl (C=O) groups is 1. The summed E-state index contributed by atoms with van der Waals surface area (Å²) >= 11 is 0. The zero-order valence-corrected chi connectivity index (χ0v) is 17.6. The van der Waals surface area contributed by atoms with Crippen LogP contribution in [0.5, 0.6) is 0 Å². The van der Waals surface area contributed by atoms with E-state index < -0.39 is 5.60 Å². The van der Waals surface area contributed by atoms with Crippen LogP contribution in [0.25, 0.3) is 22.3 Å². The fourth-order valence-corrected chi connectivity index (χ4v) is 3.39. The molecule has 1 aliphatic heterocycles. The van der Waals surface area contributed by atoms with Crippen molar-refractivity contribution in [1.82, 2.24) is 30.3 Å². The van der Waals surface area contributed by atoms with Crippen molar-refractivity contribution in [2.24, 2.45) is 0 Å². The molecule has 2 aromatic heterocycles. The Balaban J connectivity index is 1.53. The van der Waals surface area contributed by atoms with Crippen molar-refractivity contribution in [2.45, 2.75) is 33.3 Å². The number of carbonyl (C=O) groups excluding carboxylic acids is 1. The number of nitrogens with zero attached hydrogens (tertiary/aromatic N) is 6. The van der Waals surface area contributed by atoms with Crippen LogP contribution in [-0.2, 0) is 4.74 Å². The number of hydrogen-bond donors (Lipinski definition) is 2. The predicted octanol–water partition coefficient (Wildman–Crippen LogP) is 2.36. The average Bonchev–Trinajstić information content (AvgIpc) is 3.07. The van der Waals surface area contributed by atoms with Gasteiger partial charge in [0, 0.05) is 42.8 Å². The fourth-order valence-electron chi connectivity index (χ4n) is 3.39. The molecular weight excluding hydrogens is 384 g/mol. The molecule has 10 heteroatoms. The number of piperazine rings is 1. The number of nitrogens with one attached hydrogen (secondary N) is 1. The lowest BCUT2D eigenvalue weighted by atomic mass is 10.1. The lowest BCUT2D eigenvalue weighted by Gasteiger charge is -2.36. The van der Waals surface area contributed by atoms with Crippen molar-refractivity contribution in [1.29, 1.82) is 0 Å². The monoisotopic (exact) mass is 410 g/mol.